The average Bonchev–Trinajstić information content (AvgIpc) is 3.71. The summed E-state index contributed by atoms with van der Waals surface area (Å²) >= 11 is 19.1. The van der Waals surface area contributed by atoms with Crippen molar-refractivity contribution in [1.82, 2.24) is 9.99 Å². The van der Waals surface area contributed by atoms with Crippen molar-refractivity contribution in [2.24, 2.45) is 4.99 Å². The summed E-state index contributed by atoms with van der Waals surface area (Å²) in [7, 11) is 0. The molecule has 0 radical (unpaired) electrons. The molecule has 2 heterocycles. The highest BCUT2D eigenvalue weighted by Gasteiger charge is 2.41. The van der Waals surface area contributed by atoms with Crippen molar-refractivity contribution in [3.63, 3.8) is 0 Å². The number of carbonyl (C=O) groups is 2. The highest BCUT2D eigenvalue weighted by atomic mass is 35.5. The van der Waals surface area contributed by atoms with Crippen molar-refractivity contribution in [2.45, 2.75) is 90.7 Å². The summed E-state index contributed by atoms with van der Waals surface area (Å²) in [6.45, 7) is 15.2. The van der Waals surface area contributed by atoms with E-state index in [0.717, 1.165) is 18.4 Å². The lowest BCUT2D eigenvalue weighted by Crippen LogP contribution is -2.36. The molecular weight excluding hydrogens is 693 g/mol. The Balaban J connectivity index is 1.41. The summed E-state index contributed by atoms with van der Waals surface area (Å²) in [6, 6.07) is 19.4. The molecule has 1 saturated heterocycles. The molecule has 1 aliphatic rings. The number of hydrogen-bond acceptors (Lipinski definition) is 4. The van der Waals surface area contributed by atoms with E-state index in [2.05, 4.69) is 64.4 Å². The largest absolute Gasteiger partial charge is 0.480 e. The van der Waals surface area contributed by atoms with Gasteiger partial charge in [0.2, 0.25) is 0 Å². The van der Waals surface area contributed by atoms with Crippen LogP contribution in [0.3, 0.4) is 0 Å². The fourth-order valence-corrected chi connectivity index (χ4v) is 6.71. The van der Waals surface area contributed by atoms with Crippen molar-refractivity contribution >= 4 is 69.5 Å². The summed E-state index contributed by atoms with van der Waals surface area (Å²) in [4.78, 5) is 32.3. The van der Waals surface area contributed by atoms with Crippen LogP contribution in [-0.2, 0) is 20.4 Å². The highest BCUT2D eigenvalue weighted by molar-refractivity contribution is 6.43. The highest BCUT2D eigenvalue weighted by Crippen LogP contribution is 2.40. The van der Waals surface area contributed by atoms with Gasteiger partial charge >= 0.3 is 0 Å². The van der Waals surface area contributed by atoms with Crippen LogP contribution >= 0.6 is 34.8 Å². The minimum Gasteiger partial charge on any atom is -0.480 e. The van der Waals surface area contributed by atoms with Crippen LogP contribution in [0, 0.1) is 0 Å². The molecule has 4 aromatic rings. The van der Waals surface area contributed by atoms with Gasteiger partial charge in [0.05, 0.1) is 15.7 Å². The number of rotatable bonds is 12. The number of halogens is 3. The van der Waals surface area contributed by atoms with Crippen molar-refractivity contribution in [1.29, 1.82) is 0 Å². The number of hydrazine groups is 1. The van der Waals surface area contributed by atoms with E-state index in [4.69, 9.17) is 44.5 Å². The molecule has 50 heavy (non-hydrogen) atoms. The lowest BCUT2D eigenvalue weighted by Gasteiger charge is -2.31. The van der Waals surface area contributed by atoms with Crippen molar-refractivity contribution in [2.75, 3.05) is 10.3 Å². The summed E-state index contributed by atoms with van der Waals surface area (Å²) in [6.07, 6.45) is 5.23. The van der Waals surface area contributed by atoms with Crippen LogP contribution in [-0.4, -0.2) is 28.3 Å². The topological polar surface area (TPSA) is 88.0 Å². The molecule has 0 aliphatic carbocycles. The summed E-state index contributed by atoms with van der Waals surface area (Å²) in [5.74, 6) is 0.448. The molecule has 3 aromatic carbocycles. The maximum atomic E-state index is 13.8. The molecular formula is C39H44Cl3N5O3. The lowest BCUT2D eigenvalue weighted by atomic mass is 9.76. The van der Waals surface area contributed by atoms with Gasteiger partial charge < -0.3 is 14.6 Å². The van der Waals surface area contributed by atoms with Gasteiger partial charge in [-0.25, -0.2) is 10.0 Å². The van der Waals surface area contributed by atoms with Gasteiger partial charge in [0.15, 0.2) is 18.0 Å². The third-order valence-corrected chi connectivity index (χ3v) is 10.4. The standard InChI is InChI=1S/C39H44Cl3N5O3/c1-8-31(50-32-17-16-24(38(4,5)9-2)20-28(32)39(6,7)10-3)36(48)44-27-15-13-14-26(23-27)43-35-34(46-18-11-12-19-46)37(49)47(45-35)33-29(41)21-25(40)22-30(33)42/h11-23,31,34H,8-10H2,1-7H3,(H,43,45)(H,44,48). The van der Waals surface area contributed by atoms with Crippen LogP contribution in [0.1, 0.15) is 84.9 Å². The van der Waals surface area contributed by atoms with Gasteiger partial charge in [-0.2, -0.15) is 0 Å². The second-order valence-electron chi connectivity index (χ2n) is 13.8. The lowest BCUT2D eigenvalue weighted by molar-refractivity contribution is -0.123. The van der Waals surface area contributed by atoms with Gasteiger partial charge in [-0.3, -0.25) is 15.0 Å². The molecule has 264 valence electrons. The molecule has 0 spiro atoms. The molecule has 1 aliphatic heterocycles. The van der Waals surface area contributed by atoms with E-state index in [0.29, 0.717) is 34.4 Å². The predicted molar refractivity (Wildman–Crippen MR) is 206 cm³/mol. The maximum absolute atomic E-state index is 13.8. The Kier molecular flexibility index (Phi) is 11.3. The molecule has 2 atom stereocenters. The Morgan fingerprint density at radius 1 is 0.920 bits per heavy atom. The van der Waals surface area contributed by atoms with Gasteiger partial charge in [0.25, 0.3) is 11.8 Å². The van der Waals surface area contributed by atoms with E-state index in [1.54, 1.807) is 41.2 Å². The number of hydrogen-bond donors (Lipinski definition) is 2. The molecule has 1 aromatic heterocycles. The normalized spacial score (nSPS) is 16.4. The van der Waals surface area contributed by atoms with E-state index in [-0.39, 0.29) is 38.4 Å². The number of amides is 2. The summed E-state index contributed by atoms with van der Waals surface area (Å²) in [5.41, 5.74) is 6.63. The Morgan fingerprint density at radius 2 is 1.58 bits per heavy atom. The van der Waals surface area contributed by atoms with Crippen LogP contribution in [0.4, 0.5) is 17.1 Å². The first-order valence-electron chi connectivity index (χ1n) is 16.9. The number of ether oxygens (including phenoxy) is 1. The maximum Gasteiger partial charge on any atom is 0.276 e. The molecule has 8 nitrogen and oxygen atoms in total. The fourth-order valence-electron chi connectivity index (χ4n) is 5.73. The van der Waals surface area contributed by atoms with Crippen molar-refractivity contribution < 1.29 is 14.3 Å². The molecule has 2 N–H and O–H groups in total. The van der Waals surface area contributed by atoms with Crippen molar-refractivity contribution in [3.05, 3.63) is 105 Å². The van der Waals surface area contributed by atoms with Crippen LogP contribution < -0.4 is 20.5 Å². The molecule has 2 amide bonds. The zero-order chi connectivity index (χ0) is 36.4. The van der Waals surface area contributed by atoms with Crippen LogP contribution in [0.15, 0.2) is 84.1 Å². The second-order valence-corrected chi connectivity index (χ2v) is 15.0. The Bertz CT molecular complexity index is 1880. The molecule has 2 unspecified atom stereocenters. The minimum atomic E-state index is -0.820. The predicted octanol–water partition coefficient (Wildman–Crippen LogP) is 10.4. The quantitative estimate of drug-likeness (QED) is 0.152. The SMILES string of the molecule is CCC(Oc1ccc(C(C)(C)CC)cc1C(C)(C)CC)C(=O)Nc1cccc(N=C2NN(c3c(Cl)cc(Cl)cc3Cl)C(=O)C2n2cccc2)c1. The Labute approximate surface area is 309 Å². The van der Waals surface area contributed by atoms with Gasteiger partial charge in [0, 0.05) is 28.7 Å². The van der Waals surface area contributed by atoms with E-state index in [1.807, 2.05) is 25.1 Å². The van der Waals surface area contributed by atoms with Crippen molar-refractivity contribution in [3.8, 4) is 5.75 Å². The summed E-state index contributed by atoms with van der Waals surface area (Å²) in [5, 5.41) is 5.06. The number of nitrogens with zero attached hydrogens (tertiary/aromatic N) is 3. The number of benzene rings is 3. The smallest absolute Gasteiger partial charge is 0.276 e. The van der Waals surface area contributed by atoms with Gasteiger partial charge in [-0.1, -0.05) is 101 Å². The molecule has 5 rings (SSSR count). The van der Waals surface area contributed by atoms with Crippen LogP contribution in [0.25, 0.3) is 0 Å². The monoisotopic (exact) mass is 735 g/mol. The van der Waals surface area contributed by atoms with Gasteiger partial charge in [-0.15, -0.1) is 0 Å². The van der Waals surface area contributed by atoms with E-state index in [9.17, 15) is 9.59 Å². The minimum absolute atomic E-state index is 0.0183. The number of nitrogens with one attached hydrogen (secondary N) is 2. The number of amidine groups is 1. The fraction of sp³-hybridized carbons (Fsp3) is 0.359. The first-order chi connectivity index (χ1) is 23.7. The molecule has 11 heteroatoms. The Morgan fingerprint density at radius 3 is 2.20 bits per heavy atom. The van der Waals surface area contributed by atoms with Crippen LogP contribution in [0.2, 0.25) is 15.1 Å². The van der Waals surface area contributed by atoms with Gasteiger partial charge in [-0.05, 0) is 84.2 Å². The van der Waals surface area contributed by atoms with E-state index in [1.165, 1.54) is 22.7 Å². The third kappa shape index (κ3) is 7.83. The van der Waals surface area contributed by atoms with E-state index >= 15 is 0 Å². The number of carbonyl (C=O) groups excluding carboxylic acids is 2. The average molecular weight is 737 g/mol. The molecule has 0 saturated carbocycles. The number of anilines is 2. The molecule has 0 bridgehead atoms. The van der Waals surface area contributed by atoms with E-state index < -0.39 is 12.1 Å². The van der Waals surface area contributed by atoms with Gasteiger partial charge in [0.1, 0.15) is 11.4 Å². The van der Waals surface area contributed by atoms with Crippen LogP contribution in [0.5, 0.6) is 5.75 Å². The Hall–Kier alpha value is -3.98. The third-order valence-electron chi connectivity index (χ3n) is 9.62. The first kappa shape index (κ1) is 37.3. The summed E-state index contributed by atoms with van der Waals surface area (Å²) < 4.78 is 8.22. The number of aromatic nitrogens is 1. The zero-order valence-electron chi connectivity index (χ0n) is 29.5. The number of aliphatic imine (C=N–C) groups is 1. The first-order valence-corrected chi connectivity index (χ1v) is 18.0. The second kappa shape index (κ2) is 15.1. The molecule has 1 fully saturated rings. The zero-order valence-corrected chi connectivity index (χ0v) is 31.7.